The zero-order valence-corrected chi connectivity index (χ0v) is 15.0. The Hall–Kier alpha value is -3.21. The molecule has 3 rings (SSSR count). The van der Waals surface area contributed by atoms with Crippen molar-refractivity contribution in [3.63, 3.8) is 0 Å². The van der Waals surface area contributed by atoms with Gasteiger partial charge in [0, 0.05) is 13.1 Å². The molecule has 0 atom stereocenters. The van der Waals surface area contributed by atoms with Crippen LogP contribution in [0.3, 0.4) is 0 Å². The average Bonchev–Trinajstić information content (AvgIpc) is 2.71. The van der Waals surface area contributed by atoms with Crippen LogP contribution in [-0.4, -0.2) is 24.0 Å². The molecule has 0 fully saturated rings. The monoisotopic (exact) mass is 363 g/mol. The van der Waals surface area contributed by atoms with Crippen molar-refractivity contribution in [3.05, 3.63) is 95.6 Å². The number of hydrogen-bond donors (Lipinski definition) is 2. The van der Waals surface area contributed by atoms with Crippen LogP contribution >= 0.6 is 0 Å². The minimum Gasteiger partial charge on any atom is -0.383 e. The highest BCUT2D eigenvalue weighted by molar-refractivity contribution is 5.92. The van der Waals surface area contributed by atoms with E-state index in [1.54, 1.807) is 24.4 Å². The highest BCUT2D eigenvalue weighted by Crippen LogP contribution is 2.08. The van der Waals surface area contributed by atoms with Gasteiger partial charge in [-0.25, -0.2) is 9.37 Å². The molecule has 0 aliphatic rings. The summed E-state index contributed by atoms with van der Waals surface area (Å²) < 4.78 is 12.9. The van der Waals surface area contributed by atoms with Gasteiger partial charge in [-0.1, -0.05) is 42.5 Å². The highest BCUT2D eigenvalue weighted by Gasteiger charge is 2.06. The quantitative estimate of drug-likeness (QED) is 0.639. The third-order valence-electron chi connectivity index (χ3n) is 4.19. The van der Waals surface area contributed by atoms with Crippen molar-refractivity contribution in [2.45, 2.75) is 12.8 Å². The summed E-state index contributed by atoms with van der Waals surface area (Å²) in [6.45, 7) is 1.28. The third kappa shape index (κ3) is 5.92. The number of pyridine rings is 1. The van der Waals surface area contributed by atoms with E-state index in [2.05, 4.69) is 27.8 Å². The number of benzene rings is 2. The van der Waals surface area contributed by atoms with Crippen molar-refractivity contribution in [3.8, 4) is 0 Å². The summed E-state index contributed by atoms with van der Waals surface area (Å²) in [5.74, 6) is -0.475. The molecular weight excluding hydrogens is 341 g/mol. The van der Waals surface area contributed by atoms with Crippen LogP contribution in [0.5, 0.6) is 0 Å². The second-order valence-electron chi connectivity index (χ2n) is 6.23. The predicted octanol–water partition coefficient (Wildman–Crippen LogP) is 3.85. The number of rotatable bonds is 8. The molecule has 3 aromatic rings. The van der Waals surface area contributed by atoms with Gasteiger partial charge in [-0.3, -0.25) is 4.79 Å². The van der Waals surface area contributed by atoms with Crippen molar-refractivity contribution >= 4 is 11.6 Å². The Morgan fingerprint density at radius 1 is 0.852 bits per heavy atom. The summed E-state index contributed by atoms with van der Waals surface area (Å²) in [6, 6.07) is 20.1. The molecule has 0 radical (unpaired) electrons. The Morgan fingerprint density at radius 3 is 2.26 bits per heavy atom. The fraction of sp³-hybridized carbons (Fsp3) is 0.182. The predicted molar refractivity (Wildman–Crippen MR) is 105 cm³/mol. The minimum absolute atomic E-state index is 0.215. The Balaban J connectivity index is 1.42. The van der Waals surface area contributed by atoms with Crippen LogP contribution in [0, 0.1) is 5.82 Å². The number of nitrogens with zero attached hydrogens (tertiary/aromatic N) is 1. The minimum atomic E-state index is -0.260. The SMILES string of the molecule is O=C(NCCc1ccc(F)cc1)c1ccc(NCCc2ccccc2)cn1. The number of carbonyl (C=O) groups is 1. The fourth-order valence-electron chi connectivity index (χ4n) is 2.69. The first-order valence-corrected chi connectivity index (χ1v) is 8.97. The molecule has 0 unspecified atom stereocenters. The lowest BCUT2D eigenvalue weighted by molar-refractivity contribution is 0.0949. The van der Waals surface area contributed by atoms with Gasteiger partial charge in [0.2, 0.25) is 0 Å². The van der Waals surface area contributed by atoms with E-state index in [0.717, 1.165) is 24.2 Å². The van der Waals surface area contributed by atoms with Crippen LogP contribution in [0.2, 0.25) is 0 Å². The van der Waals surface area contributed by atoms with Gasteiger partial charge < -0.3 is 10.6 Å². The molecule has 138 valence electrons. The summed E-state index contributed by atoms with van der Waals surface area (Å²) in [7, 11) is 0. The van der Waals surface area contributed by atoms with Crippen LogP contribution in [0.1, 0.15) is 21.6 Å². The first-order chi connectivity index (χ1) is 13.2. The number of amides is 1. The Kier molecular flexibility index (Phi) is 6.52. The number of halogens is 1. The number of carbonyl (C=O) groups excluding carboxylic acids is 1. The number of anilines is 1. The molecule has 1 aromatic heterocycles. The van der Waals surface area contributed by atoms with Crippen molar-refractivity contribution < 1.29 is 9.18 Å². The molecule has 0 aliphatic heterocycles. The van der Waals surface area contributed by atoms with Gasteiger partial charge in [0.15, 0.2) is 0 Å². The van der Waals surface area contributed by atoms with E-state index in [-0.39, 0.29) is 11.7 Å². The van der Waals surface area contributed by atoms with Crippen molar-refractivity contribution in [1.82, 2.24) is 10.3 Å². The van der Waals surface area contributed by atoms with Crippen LogP contribution in [0.25, 0.3) is 0 Å². The van der Waals surface area contributed by atoms with Crippen molar-refractivity contribution in [2.75, 3.05) is 18.4 Å². The van der Waals surface area contributed by atoms with Crippen molar-refractivity contribution in [2.24, 2.45) is 0 Å². The summed E-state index contributed by atoms with van der Waals surface area (Å²) >= 11 is 0. The van der Waals surface area contributed by atoms with Crippen LogP contribution in [0.15, 0.2) is 72.9 Å². The molecular formula is C22H22FN3O. The van der Waals surface area contributed by atoms with Crippen LogP contribution in [-0.2, 0) is 12.8 Å². The van der Waals surface area contributed by atoms with Gasteiger partial charge in [0.05, 0.1) is 11.9 Å². The molecule has 0 aliphatic carbocycles. The van der Waals surface area contributed by atoms with E-state index in [4.69, 9.17) is 0 Å². The smallest absolute Gasteiger partial charge is 0.269 e. The first-order valence-electron chi connectivity index (χ1n) is 8.97. The van der Waals surface area contributed by atoms with E-state index in [0.29, 0.717) is 18.7 Å². The normalized spacial score (nSPS) is 10.4. The third-order valence-corrected chi connectivity index (χ3v) is 4.19. The fourth-order valence-corrected chi connectivity index (χ4v) is 2.69. The summed E-state index contributed by atoms with van der Waals surface area (Å²) in [4.78, 5) is 16.4. The van der Waals surface area contributed by atoms with Crippen LogP contribution < -0.4 is 10.6 Å². The van der Waals surface area contributed by atoms with Gasteiger partial charge >= 0.3 is 0 Å². The average molecular weight is 363 g/mol. The van der Waals surface area contributed by atoms with Gasteiger partial charge in [-0.15, -0.1) is 0 Å². The maximum absolute atomic E-state index is 12.9. The summed E-state index contributed by atoms with van der Waals surface area (Å²) in [6.07, 6.45) is 3.23. The molecule has 0 spiro atoms. The molecule has 2 aromatic carbocycles. The second-order valence-corrected chi connectivity index (χ2v) is 6.23. The largest absolute Gasteiger partial charge is 0.383 e. The molecule has 0 saturated heterocycles. The second kappa shape index (κ2) is 9.48. The Morgan fingerprint density at radius 2 is 1.56 bits per heavy atom. The number of aromatic nitrogens is 1. The lowest BCUT2D eigenvalue weighted by Gasteiger charge is -2.08. The molecule has 1 amide bonds. The Bertz CT molecular complexity index is 849. The van der Waals surface area contributed by atoms with E-state index in [1.165, 1.54) is 17.7 Å². The molecule has 5 heteroatoms. The molecule has 0 bridgehead atoms. The van der Waals surface area contributed by atoms with Gasteiger partial charge in [-0.05, 0) is 48.2 Å². The highest BCUT2D eigenvalue weighted by atomic mass is 19.1. The van der Waals surface area contributed by atoms with Crippen molar-refractivity contribution in [1.29, 1.82) is 0 Å². The molecule has 1 heterocycles. The standard InChI is InChI=1S/C22H22FN3O/c23-19-8-6-18(7-9-19)13-15-25-22(27)21-11-10-20(16-26-21)24-14-12-17-4-2-1-3-5-17/h1-11,16,24H,12-15H2,(H,25,27). The molecule has 27 heavy (non-hydrogen) atoms. The topological polar surface area (TPSA) is 54.0 Å². The van der Waals surface area contributed by atoms with Gasteiger partial charge in [0.1, 0.15) is 11.5 Å². The van der Waals surface area contributed by atoms with E-state index < -0.39 is 0 Å². The number of hydrogen-bond acceptors (Lipinski definition) is 3. The zero-order chi connectivity index (χ0) is 18.9. The Labute approximate surface area is 158 Å². The first kappa shape index (κ1) is 18.6. The maximum Gasteiger partial charge on any atom is 0.269 e. The summed E-state index contributed by atoms with van der Waals surface area (Å²) in [5, 5.41) is 6.13. The van der Waals surface area contributed by atoms with Crippen LogP contribution in [0.4, 0.5) is 10.1 Å². The zero-order valence-electron chi connectivity index (χ0n) is 15.0. The lowest BCUT2D eigenvalue weighted by atomic mass is 10.1. The lowest BCUT2D eigenvalue weighted by Crippen LogP contribution is -2.26. The van der Waals surface area contributed by atoms with E-state index in [1.807, 2.05) is 24.3 Å². The summed E-state index contributed by atoms with van der Waals surface area (Å²) in [5.41, 5.74) is 3.51. The maximum atomic E-state index is 12.9. The van der Waals surface area contributed by atoms with E-state index in [9.17, 15) is 9.18 Å². The van der Waals surface area contributed by atoms with Gasteiger partial charge in [-0.2, -0.15) is 0 Å². The van der Waals surface area contributed by atoms with E-state index >= 15 is 0 Å². The molecule has 2 N–H and O–H groups in total. The van der Waals surface area contributed by atoms with Gasteiger partial charge in [0.25, 0.3) is 5.91 Å². The molecule has 4 nitrogen and oxygen atoms in total. The number of nitrogens with one attached hydrogen (secondary N) is 2. The molecule has 0 saturated carbocycles.